The zero-order chi connectivity index (χ0) is 12.7. The second kappa shape index (κ2) is 7.07. The Morgan fingerprint density at radius 1 is 1.47 bits per heavy atom. The number of nitrogens with one attached hydrogen (secondary N) is 1. The van der Waals surface area contributed by atoms with E-state index in [1.54, 1.807) is 0 Å². The van der Waals surface area contributed by atoms with Crippen molar-refractivity contribution in [2.75, 3.05) is 13.1 Å². The summed E-state index contributed by atoms with van der Waals surface area (Å²) in [6, 6.07) is 8.35. The van der Waals surface area contributed by atoms with Gasteiger partial charge in [-0.1, -0.05) is 36.8 Å². The number of carbonyl (C=O) groups is 1. The zero-order valence-corrected chi connectivity index (χ0v) is 10.7. The lowest BCUT2D eigenvalue weighted by Crippen LogP contribution is -2.28. The third-order valence-electron chi connectivity index (χ3n) is 2.75. The summed E-state index contributed by atoms with van der Waals surface area (Å²) in [5, 5.41) is 2.92. The molecule has 17 heavy (non-hydrogen) atoms. The van der Waals surface area contributed by atoms with Crippen molar-refractivity contribution < 1.29 is 4.79 Å². The Bertz CT molecular complexity index is 363. The molecule has 1 unspecified atom stereocenters. The summed E-state index contributed by atoms with van der Waals surface area (Å²) < 4.78 is 0. The highest BCUT2D eigenvalue weighted by Crippen LogP contribution is 2.04. The second-order valence-corrected chi connectivity index (χ2v) is 4.63. The Balaban J connectivity index is 2.26. The molecule has 3 N–H and O–H groups in total. The molecule has 0 saturated carbocycles. The maximum absolute atomic E-state index is 11.5. The molecule has 0 aliphatic heterocycles. The number of rotatable bonds is 6. The summed E-state index contributed by atoms with van der Waals surface area (Å²) in [6.07, 6.45) is 1.40. The fourth-order valence-corrected chi connectivity index (χ4v) is 1.69. The zero-order valence-electron chi connectivity index (χ0n) is 10.7. The van der Waals surface area contributed by atoms with E-state index in [1.807, 2.05) is 13.0 Å². The average molecular weight is 234 g/mol. The molecule has 1 aromatic rings. The lowest BCUT2D eigenvalue weighted by atomic mass is 10.1. The van der Waals surface area contributed by atoms with Gasteiger partial charge in [0.05, 0.1) is 0 Å². The van der Waals surface area contributed by atoms with Crippen LogP contribution in [0.3, 0.4) is 0 Å². The lowest BCUT2D eigenvalue weighted by molar-refractivity contribution is -0.121. The molecule has 1 amide bonds. The Labute approximate surface area is 103 Å². The van der Waals surface area contributed by atoms with Crippen molar-refractivity contribution in [1.29, 1.82) is 0 Å². The first-order chi connectivity index (χ1) is 8.11. The average Bonchev–Trinajstić information content (AvgIpc) is 2.29. The van der Waals surface area contributed by atoms with Gasteiger partial charge in [-0.05, 0) is 31.4 Å². The number of carbonyl (C=O) groups excluding carboxylic acids is 1. The van der Waals surface area contributed by atoms with Gasteiger partial charge in [-0.15, -0.1) is 0 Å². The van der Waals surface area contributed by atoms with Gasteiger partial charge in [0.25, 0.3) is 0 Å². The summed E-state index contributed by atoms with van der Waals surface area (Å²) in [6.45, 7) is 5.32. The Morgan fingerprint density at radius 3 is 2.88 bits per heavy atom. The molecule has 1 atom stereocenters. The fourth-order valence-electron chi connectivity index (χ4n) is 1.69. The summed E-state index contributed by atoms with van der Waals surface area (Å²) >= 11 is 0. The molecule has 0 aliphatic rings. The molecule has 0 aromatic heterocycles. The van der Waals surface area contributed by atoms with E-state index in [0.29, 0.717) is 19.5 Å². The maximum atomic E-state index is 11.5. The Kier molecular flexibility index (Phi) is 5.70. The van der Waals surface area contributed by atoms with E-state index < -0.39 is 0 Å². The van der Waals surface area contributed by atoms with Crippen LogP contribution in [0.1, 0.15) is 24.5 Å². The monoisotopic (exact) mass is 234 g/mol. The van der Waals surface area contributed by atoms with Crippen molar-refractivity contribution in [2.24, 2.45) is 11.7 Å². The van der Waals surface area contributed by atoms with Gasteiger partial charge in [-0.3, -0.25) is 4.79 Å². The van der Waals surface area contributed by atoms with E-state index in [0.717, 1.165) is 6.42 Å². The van der Waals surface area contributed by atoms with Gasteiger partial charge in [0.1, 0.15) is 0 Å². The molecule has 0 saturated heterocycles. The fraction of sp³-hybridized carbons (Fsp3) is 0.500. The molecule has 1 rings (SSSR count). The van der Waals surface area contributed by atoms with Crippen molar-refractivity contribution in [2.45, 2.75) is 26.7 Å². The molecule has 94 valence electrons. The van der Waals surface area contributed by atoms with Gasteiger partial charge in [0.15, 0.2) is 0 Å². The van der Waals surface area contributed by atoms with E-state index in [-0.39, 0.29) is 11.8 Å². The van der Waals surface area contributed by atoms with Crippen molar-refractivity contribution in [3.63, 3.8) is 0 Å². The third-order valence-corrected chi connectivity index (χ3v) is 2.75. The summed E-state index contributed by atoms with van der Waals surface area (Å²) in [5.41, 5.74) is 7.99. The van der Waals surface area contributed by atoms with Crippen molar-refractivity contribution in [1.82, 2.24) is 5.32 Å². The van der Waals surface area contributed by atoms with Gasteiger partial charge >= 0.3 is 0 Å². The van der Waals surface area contributed by atoms with Gasteiger partial charge in [-0.2, -0.15) is 0 Å². The first kappa shape index (κ1) is 13.7. The molecular formula is C14H22N2O. The molecule has 0 bridgehead atoms. The molecule has 1 aromatic carbocycles. The summed E-state index contributed by atoms with van der Waals surface area (Å²) in [5.74, 6) is 0.351. The largest absolute Gasteiger partial charge is 0.356 e. The van der Waals surface area contributed by atoms with Crippen LogP contribution in [0.5, 0.6) is 0 Å². The quantitative estimate of drug-likeness (QED) is 0.786. The van der Waals surface area contributed by atoms with Crippen LogP contribution in [0, 0.1) is 12.8 Å². The maximum Gasteiger partial charge on any atom is 0.220 e. The Hall–Kier alpha value is -1.35. The number of amides is 1. The standard InChI is InChI=1S/C14H22N2O/c1-11-4-3-5-13(8-11)6-7-16-14(17)9-12(2)10-15/h3-5,8,12H,6-7,9-10,15H2,1-2H3,(H,16,17). The van der Waals surface area contributed by atoms with E-state index in [2.05, 4.69) is 30.4 Å². The smallest absolute Gasteiger partial charge is 0.220 e. The molecular weight excluding hydrogens is 212 g/mol. The minimum atomic E-state index is 0.0932. The van der Waals surface area contributed by atoms with E-state index in [9.17, 15) is 4.79 Å². The first-order valence-electron chi connectivity index (χ1n) is 6.14. The molecule has 0 heterocycles. The van der Waals surface area contributed by atoms with E-state index in [4.69, 9.17) is 5.73 Å². The third kappa shape index (κ3) is 5.50. The minimum Gasteiger partial charge on any atom is -0.356 e. The van der Waals surface area contributed by atoms with Crippen LogP contribution in [0.4, 0.5) is 0 Å². The van der Waals surface area contributed by atoms with Gasteiger partial charge in [0.2, 0.25) is 5.91 Å². The van der Waals surface area contributed by atoms with Crippen LogP contribution in [0.2, 0.25) is 0 Å². The summed E-state index contributed by atoms with van der Waals surface area (Å²) in [4.78, 5) is 11.5. The SMILES string of the molecule is Cc1cccc(CCNC(=O)CC(C)CN)c1. The molecule has 0 radical (unpaired) electrons. The number of aryl methyl sites for hydroxylation is 1. The number of hydrogen-bond donors (Lipinski definition) is 2. The van der Waals surface area contributed by atoms with Gasteiger partial charge in [-0.25, -0.2) is 0 Å². The van der Waals surface area contributed by atoms with Crippen LogP contribution < -0.4 is 11.1 Å². The van der Waals surface area contributed by atoms with Crippen LogP contribution in [0.15, 0.2) is 24.3 Å². The highest BCUT2D eigenvalue weighted by atomic mass is 16.1. The number of benzene rings is 1. The molecule has 0 spiro atoms. The van der Waals surface area contributed by atoms with Crippen molar-refractivity contribution >= 4 is 5.91 Å². The van der Waals surface area contributed by atoms with Crippen molar-refractivity contribution in [3.8, 4) is 0 Å². The molecule has 3 nitrogen and oxygen atoms in total. The topological polar surface area (TPSA) is 55.1 Å². The highest BCUT2D eigenvalue weighted by molar-refractivity contribution is 5.76. The van der Waals surface area contributed by atoms with Crippen LogP contribution in [-0.2, 0) is 11.2 Å². The van der Waals surface area contributed by atoms with E-state index in [1.165, 1.54) is 11.1 Å². The van der Waals surface area contributed by atoms with E-state index >= 15 is 0 Å². The predicted octanol–water partition coefficient (Wildman–Crippen LogP) is 1.64. The normalized spacial score (nSPS) is 12.2. The van der Waals surface area contributed by atoms with Crippen LogP contribution >= 0.6 is 0 Å². The van der Waals surface area contributed by atoms with Gasteiger partial charge in [0, 0.05) is 13.0 Å². The highest BCUT2D eigenvalue weighted by Gasteiger charge is 2.06. The summed E-state index contributed by atoms with van der Waals surface area (Å²) in [7, 11) is 0. The Morgan fingerprint density at radius 2 is 2.24 bits per heavy atom. The van der Waals surface area contributed by atoms with Crippen LogP contribution in [-0.4, -0.2) is 19.0 Å². The first-order valence-corrected chi connectivity index (χ1v) is 6.14. The van der Waals surface area contributed by atoms with Crippen molar-refractivity contribution in [3.05, 3.63) is 35.4 Å². The molecule has 0 aliphatic carbocycles. The number of nitrogens with two attached hydrogens (primary N) is 1. The number of hydrogen-bond acceptors (Lipinski definition) is 2. The molecule has 3 heteroatoms. The second-order valence-electron chi connectivity index (χ2n) is 4.63. The lowest BCUT2D eigenvalue weighted by Gasteiger charge is -2.09. The van der Waals surface area contributed by atoms with Crippen LogP contribution in [0.25, 0.3) is 0 Å². The van der Waals surface area contributed by atoms with Gasteiger partial charge < -0.3 is 11.1 Å². The molecule has 0 fully saturated rings. The minimum absolute atomic E-state index is 0.0932. The predicted molar refractivity (Wildman–Crippen MR) is 70.7 cm³/mol.